The third-order valence-electron chi connectivity index (χ3n) is 6.71. The van der Waals surface area contributed by atoms with Gasteiger partial charge >= 0.3 is 0 Å². The molecule has 5 rings (SSSR count). The fourth-order valence-electron chi connectivity index (χ4n) is 5.22. The molecule has 140 valence electrons. The van der Waals surface area contributed by atoms with Crippen LogP contribution in [0.2, 0.25) is 0 Å². The summed E-state index contributed by atoms with van der Waals surface area (Å²) < 4.78 is 2.48. The molecule has 1 saturated carbocycles. The molecule has 4 heteroatoms. The first-order valence-corrected chi connectivity index (χ1v) is 10.4. The van der Waals surface area contributed by atoms with Crippen LogP contribution in [0.1, 0.15) is 59.5 Å². The SMILES string of the molecule is Cc1[nH]cnc1CC1CCc2c(c3ccccc3n2CC2CCCC2)C1=O. The van der Waals surface area contributed by atoms with Gasteiger partial charge in [0.2, 0.25) is 0 Å². The zero-order chi connectivity index (χ0) is 18.4. The van der Waals surface area contributed by atoms with E-state index in [1.165, 1.54) is 36.9 Å². The Morgan fingerprint density at radius 1 is 1.19 bits per heavy atom. The predicted molar refractivity (Wildman–Crippen MR) is 107 cm³/mol. The molecule has 0 bridgehead atoms. The van der Waals surface area contributed by atoms with Gasteiger partial charge in [0.25, 0.3) is 0 Å². The van der Waals surface area contributed by atoms with Gasteiger partial charge in [-0.3, -0.25) is 4.79 Å². The first-order chi connectivity index (χ1) is 13.2. The van der Waals surface area contributed by atoms with Crippen molar-refractivity contribution in [1.82, 2.24) is 14.5 Å². The Bertz CT molecular complexity index is 990. The second-order valence-electron chi connectivity index (χ2n) is 8.38. The molecule has 2 heterocycles. The standard InChI is InChI=1S/C23H27N3O/c1-15-19(25-14-24-15)12-17-10-11-21-22(23(17)27)18-8-4-5-9-20(18)26(21)13-16-6-2-3-7-16/h4-5,8-9,14,16-17H,2-3,6-7,10-13H2,1H3,(H,24,25). The molecule has 2 aromatic heterocycles. The quantitative estimate of drug-likeness (QED) is 0.722. The normalized spacial score (nSPS) is 20.5. The third-order valence-corrected chi connectivity index (χ3v) is 6.71. The molecule has 1 fully saturated rings. The number of ketones is 1. The Morgan fingerprint density at radius 3 is 2.78 bits per heavy atom. The van der Waals surface area contributed by atoms with E-state index in [0.29, 0.717) is 5.78 Å². The largest absolute Gasteiger partial charge is 0.348 e. The van der Waals surface area contributed by atoms with E-state index in [0.717, 1.165) is 54.1 Å². The van der Waals surface area contributed by atoms with Crippen LogP contribution in [-0.2, 0) is 19.4 Å². The number of carbonyl (C=O) groups excluding carboxylic acids is 1. The highest BCUT2D eigenvalue weighted by atomic mass is 16.1. The Kier molecular flexibility index (Phi) is 4.14. The molecule has 27 heavy (non-hydrogen) atoms. The Labute approximate surface area is 160 Å². The van der Waals surface area contributed by atoms with Crippen molar-refractivity contribution in [2.45, 2.75) is 58.4 Å². The van der Waals surface area contributed by atoms with Gasteiger partial charge in [-0.1, -0.05) is 31.0 Å². The highest BCUT2D eigenvalue weighted by Crippen LogP contribution is 2.37. The van der Waals surface area contributed by atoms with Gasteiger partial charge in [-0.2, -0.15) is 0 Å². The maximum atomic E-state index is 13.5. The average molecular weight is 361 g/mol. The van der Waals surface area contributed by atoms with E-state index in [1.54, 1.807) is 6.33 Å². The van der Waals surface area contributed by atoms with E-state index in [9.17, 15) is 4.79 Å². The van der Waals surface area contributed by atoms with Crippen molar-refractivity contribution in [2.75, 3.05) is 0 Å². The molecule has 4 nitrogen and oxygen atoms in total. The maximum Gasteiger partial charge on any atom is 0.168 e. The number of benzene rings is 1. The van der Waals surface area contributed by atoms with Crippen molar-refractivity contribution in [3.63, 3.8) is 0 Å². The fraction of sp³-hybridized carbons (Fsp3) is 0.478. The molecule has 0 aliphatic heterocycles. The van der Waals surface area contributed by atoms with Crippen LogP contribution in [0.3, 0.4) is 0 Å². The van der Waals surface area contributed by atoms with Crippen LogP contribution in [0.15, 0.2) is 30.6 Å². The first-order valence-electron chi connectivity index (χ1n) is 10.4. The van der Waals surface area contributed by atoms with E-state index < -0.39 is 0 Å². The lowest BCUT2D eigenvalue weighted by Gasteiger charge is -2.23. The van der Waals surface area contributed by atoms with Crippen LogP contribution in [0.4, 0.5) is 0 Å². The zero-order valence-electron chi connectivity index (χ0n) is 16.0. The molecule has 1 unspecified atom stereocenters. The number of imidazole rings is 1. The topological polar surface area (TPSA) is 50.7 Å². The smallest absolute Gasteiger partial charge is 0.168 e. The molecule has 0 radical (unpaired) electrons. The number of fused-ring (bicyclic) bond motifs is 3. The van der Waals surface area contributed by atoms with Gasteiger partial charge in [-0.05, 0) is 44.6 Å². The number of hydrogen-bond donors (Lipinski definition) is 1. The average Bonchev–Trinajstić information content (AvgIpc) is 3.39. The lowest BCUT2D eigenvalue weighted by molar-refractivity contribution is 0.0901. The monoisotopic (exact) mass is 361 g/mol. The van der Waals surface area contributed by atoms with Crippen molar-refractivity contribution in [1.29, 1.82) is 0 Å². The highest BCUT2D eigenvalue weighted by molar-refractivity contribution is 6.11. The van der Waals surface area contributed by atoms with Crippen molar-refractivity contribution in [3.8, 4) is 0 Å². The van der Waals surface area contributed by atoms with Crippen LogP contribution in [0, 0.1) is 18.8 Å². The van der Waals surface area contributed by atoms with Crippen molar-refractivity contribution < 1.29 is 4.79 Å². The van der Waals surface area contributed by atoms with Gasteiger partial charge in [0, 0.05) is 46.7 Å². The molecular formula is C23H27N3O. The summed E-state index contributed by atoms with van der Waals surface area (Å²) in [5.74, 6) is 1.13. The van der Waals surface area contributed by atoms with Crippen LogP contribution in [0.5, 0.6) is 0 Å². The van der Waals surface area contributed by atoms with Crippen molar-refractivity contribution in [2.24, 2.45) is 11.8 Å². The lowest BCUT2D eigenvalue weighted by Crippen LogP contribution is -2.26. The van der Waals surface area contributed by atoms with Gasteiger partial charge in [0.1, 0.15) is 0 Å². The second kappa shape index (κ2) is 6.66. The second-order valence-corrected chi connectivity index (χ2v) is 8.38. The Balaban J connectivity index is 1.53. The minimum absolute atomic E-state index is 0.0465. The minimum atomic E-state index is 0.0465. The minimum Gasteiger partial charge on any atom is -0.348 e. The summed E-state index contributed by atoms with van der Waals surface area (Å²) in [5, 5.41) is 1.15. The van der Waals surface area contributed by atoms with Crippen LogP contribution in [-0.4, -0.2) is 20.3 Å². The van der Waals surface area contributed by atoms with Gasteiger partial charge in [-0.25, -0.2) is 4.98 Å². The number of nitrogens with zero attached hydrogens (tertiary/aromatic N) is 2. The molecule has 0 spiro atoms. The Morgan fingerprint density at radius 2 is 2.00 bits per heavy atom. The number of rotatable bonds is 4. The van der Waals surface area contributed by atoms with Crippen LogP contribution < -0.4 is 0 Å². The molecule has 0 saturated heterocycles. The van der Waals surface area contributed by atoms with Gasteiger partial charge < -0.3 is 9.55 Å². The summed E-state index contributed by atoms with van der Waals surface area (Å²) in [6, 6.07) is 8.51. The number of carbonyl (C=O) groups is 1. The maximum absolute atomic E-state index is 13.5. The predicted octanol–water partition coefficient (Wildman–Crippen LogP) is 4.85. The molecule has 2 aliphatic rings. The van der Waals surface area contributed by atoms with Gasteiger partial charge in [0.15, 0.2) is 5.78 Å². The van der Waals surface area contributed by atoms with Crippen molar-refractivity contribution in [3.05, 3.63) is 53.2 Å². The number of para-hydroxylation sites is 1. The molecule has 3 aromatic rings. The summed E-state index contributed by atoms with van der Waals surface area (Å²) in [4.78, 5) is 21.0. The number of aryl methyl sites for hydroxylation is 1. The van der Waals surface area contributed by atoms with Crippen molar-refractivity contribution >= 4 is 16.7 Å². The van der Waals surface area contributed by atoms with Crippen LogP contribution in [0.25, 0.3) is 10.9 Å². The lowest BCUT2D eigenvalue weighted by atomic mass is 9.82. The fourth-order valence-corrected chi connectivity index (χ4v) is 5.22. The number of nitrogens with one attached hydrogen (secondary N) is 1. The zero-order valence-corrected chi connectivity index (χ0v) is 16.0. The van der Waals surface area contributed by atoms with E-state index in [4.69, 9.17) is 0 Å². The van der Waals surface area contributed by atoms with Crippen LogP contribution >= 0.6 is 0 Å². The van der Waals surface area contributed by atoms with E-state index in [1.807, 2.05) is 6.92 Å². The number of aromatic amines is 1. The van der Waals surface area contributed by atoms with Gasteiger partial charge in [0.05, 0.1) is 12.0 Å². The van der Waals surface area contributed by atoms with Gasteiger partial charge in [-0.15, -0.1) is 0 Å². The Hall–Kier alpha value is -2.36. The number of aromatic nitrogens is 3. The molecule has 1 atom stereocenters. The third kappa shape index (κ3) is 2.82. The van der Waals surface area contributed by atoms with E-state index in [-0.39, 0.29) is 5.92 Å². The summed E-state index contributed by atoms with van der Waals surface area (Å²) in [7, 11) is 0. The first kappa shape index (κ1) is 16.8. The summed E-state index contributed by atoms with van der Waals surface area (Å²) in [6.45, 7) is 3.11. The van der Waals surface area contributed by atoms with E-state index in [2.05, 4.69) is 38.8 Å². The molecule has 1 aromatic carbocycles. The number of H-pyrrole nitrogens is 1. The van der Waals surface area contributed by atoms with E-state index >= 15 is 0 Å². The highest BCUT2D eigenvalue weighted by Gasteiger charge is 2.33. The summed E-state index contributed by atoms with van der Waals surface area (Å²) in [6.07, 6.45) is 9.78. The molecule has 0 amide bonds. The number of Topliss-reactive ketones (excluding diaryl/α,β-unsaturated/α-hetero) is 1. The molecule has 2 aliphatic carbocycles. The summed E-state index contributed by atoms with van der Waals surface area (Å²) >= 11 is 0. The summed E-state index contributed by atoms with van der Waals surface area (Å²) in [5.41, 5.74) is 5.64. The number of hydrogen-bond acceptors (Lipinski definition) is 2. The molecular weight excluding hydrogens is 334 g/mol. The molecule has 1 N–H and O–H groups in total.